The van der Waals surface area contributed by atoms with Gasteiger partial charge in [-0.05, 0) is 12.3 Å². The monoisotopic (exact) mass is 368 g/mol. The smallest absolute Gasteiger partial charge is 0.225 e. The largest absolute Gasteiger partial charge is 0.309 e. The number of nitrogens with one attached hydrogen (secondary N) is 1. The van der Waals surface area contributed by atoms with Crippen LogP contribution in [0.25, 0.3) is 5.69 Å². The van der Waals surface area contributed by atoms with E-state index in [1.54, 1.807) is 13.0 Å². The fraction of sp³-hybridized carbons (Fsp3) is 0.353. The zero-order valence-electron chi connectivity index (χ0n) is 14.3. The van der Waals surface area contributed by atoms with E-state index in [4.69, 9.17) is 5.26 Å². The van der Waals surface area contributed by atoms with E-state index in [2.05, 4.69) is 10.4 Å². The van der Waals surface area contributed by atoms with Crippen LogP contribution < -0.4 is 5.32 Å². The Morgan fingerprint density at radius 1 is 1.23 bits per heavy atom. The van der Waals surface area contributed by atoms with Crippen molar-refractivity contribution in [2.75, 3.05) is 5.32 Å². The lowest BCUT2D eigenvalue weighted by Gasteiger charge is -2.17. The standard InChI is InChI=1S/C17H16F4N4O/c1-4-8(3)11-12(18)14(20)16(15(21)13(11)19)25-17(24-10(26)5-2)9(6-22)7-23-25/h7-8H,4-5H2,1-3H3,(H,24,26). The van der Waals surface area contributed by atoms with Crippen molar-refractivity contribution in [3.63, 3.8) is 0 Å². The number of amides is 1. The second-order valence-electron chi connectivity index (χ2n) is 5.66. The molecule has 1 amide bonds. The maximum Gasteiger partial charge on any atom is 0.225 e. The van der Waals surface area contributed by atoms with E-state index < -0.39 is 46.3 Å². The maximum atomic E-state index is 14.6. The van der Waals surface area contributed by atoms with Gasteiger partial charge >= 0.3 is 0 Å². The highest BCUT2D eigenvalue weighted by Gasteiger charge is 2.30. The molecule has 0 bridgehead atoms. The lowest BCUT2D eigenvalue weighted by molar-refractivity contribution is -0.115. The van der Waals surface area contributed by atoms with Crippen LogP contribution in [0.15, 0.2) is 6.20 Å². The van der Waals surface area contributed by atoms with Gasteiger partial charge in [0.25, 0.3) is 0 Å². The summed E-state index contributed by atoms with van der Waals surface area (Å²) < 4.78 is 58.4. The second kappa shape index (κ2) is 7.56. The van der Waals surface area contributed by atoms with Crippen molar-refractivity contribution in [2.45, 2.75) is 39.5 Å². The van der Waals surface area contributed by atoms with Crippen molar-refractivity contribution >= 4 is 11.7 Å². The quantitative estimate of drug-likeness (QED) is 0.636. The van der Waals surface area contributed by atoms with Crippen molar-refractivity contribution in [3.05, 3.63) is 40.6 Å². The molecule has 0 fully saturated rings. The summed E-state index contributed by atoms with van der Waals surface area (Å²) >= 11 is 0. The molecule has 1 atom stereocenters. The molecule has 0 spiro atoms. The molecule has 138 valence electrons. The van der Waals surface area contributed by atoms with Crippen molar-refractivity contribution < 1.29 is 22.4 Å². The molecule has 1 unspecified atom stereocenters. The molecule has 26 heavy (non-hydrogen) atoms. The molecular formula is C17H16F4N4O. The highest BCUT2D eigenvalue weighted by molar-refractivity contribution is 5.91. The Labute approximate surface area is 147 Å². The molecule has 0 saturated carbocycles. The number of carbonyl (C=O) groups is 1. The molecule has 0 aliphatic heterocycles. The molecule has 0 saturated heterocycles. The zero-order chi connectivity index (χ0) is 19.6. The number of hydrogen-bond acceptors (Lipinski definition) is 3. The number of nitrogens with zero attached hydrogens (tertiary/aromatic N) is 3. The third kappa shape index (κ3) is 3.14. The Kier molecular flexibility index (Phi) is 5.65. The molecule has 9 heteroatoms. The highest BCUT2D eigenvalue weighted by atomic mass is 19.2. The average Bonchev–Trinajstić information content (AvgIpc) is 3.02. The number of halogens is 4. The Balaban J connectivity index is 2.77. The minimum absolute atomic E-state index is 0.0106. The number of benzene rings is 1. The predicted molar refractivity (Wildman–Crippen MR) is 85.7 cm³/mol. The molecule has 0 aliphatic rings. The van der Waals surface area contributed by atoms with Crippen LogP contribution in [0.4, 0.5) is 23.4 Å². The lowest BCUT2D eigenvalue weighted by Crippen LogP contribution is -2.18. The van der Waals surface area contributed by atoms with Gasteiger partial charge in [0.15, 0.2) is 29.1 Å². The van der Waals surface area contributed by atoms with Crippen LogP contribution in [-0.4, -0.2) is 15.7 Å². The van der Waals surface area contributed by atoms with Gasteiger partial charge in [-0.15, -0.1) is 0 Å². The van der Waals surface area contributed by atoms with Gasteiger partial charge < -0.3 is 5.32 Å². The Morgan fingerprint density at radius 2 is 1.81 bits per heavy atom. The summed E-state index contributed by atoms with van der Waals surface area (Å²) in [6.07, 6.45) is 1.21. The van der Waals surface area contributed by atoms with E-state index in [1.165, 1.54) is 13.8 Å². The van der Waals surface area contributed by atoms with Crippen molar-refractivity contribution in [2.24, 2.45) is 0 Å². The maximum absolute atomic E-state index is 14.6. The number of hydrogen-bond donors (Lipinski definition) is 1. The molecule has 2 rings (SSSR count). The van der Waals surface area contributed by atoms with Gasteiger partial charge in [-0.3, -0.25) is 4.79 Å². The first kappa shape index (κ1) is 19.4. The van der Waals surface area contributed by atoms with Gasteiger partial charge in [0, 0.05) is 12.0 Å². The lowest BCUT2D eigenvalue weighted by atomic mass is 9.96. The van der Waals surface area contributed by atoms with Crippen LogP contribution in [-0.2, 0) is 4.79 Å². The van der Waals surface area contributed by atoms with Gasteiger partial charge in [-0.2, -0.15) is 10.4 Å². The zero-order valence-corrected chi connectivity index (χ0v) is 14.3. The topological polar surface area (TPSA) is 70.7 Å². The molecule has 5 nitrogen and oxygen atoms in total. The van der Waals surface area contributed by atoms with Crippen LogP contribution in [0, 0.1) is 34.6 Å². The van der Waals surface area contributed by atoms with Gasteiger partial charge in [-0.1, -0.05) is 20.8 Å². The molecule has 1 N–H and O–H groups in total. The van der Waals surface area contributed by atoms with Crippen LogP contribution in [0.3, 0.4) is 0 Å². The van der Waals surface area contributed by atoms with E-state index in [9.17, 15) is 22.4 Å². The van der Waals surface area contributed by atoms with Crippen LogP contribution >= 0.6 is 0 Å². The highest BCUT2D eigenvalue weighted by Crippen LogP contribution is 2.34. The first-order valence-corrected chi connectivity index (χ1v) is 7.92. The number of nitriles is 1. The fourth-order valence-electron chi connectivity index (χ4n) is 2.40. The summed E-state index contributed by atoms with van der Waals surface area (Å²) in [5.74, 6) is -8.06. The van der Waals surface area contributed by atoms with Crippen LogP contribution in [0.5, 0.6) is 0 Å². The Morgan fingerprint density at radius 3 is 2.27 bits per heavy atom. The first-order chi connectivity index (χ1) is 12.3. The normalized spacial score (nSPS) is 11.9. The third-order valence-electron chi connectivity index (χ3n) is 4.06. The van der Waals surface area contributed by atoms with Crippen molar-refractivity contribution in [3.8, 4) is 11.8 Å². The van der Waals surface area contributed by atoms with E-state index in [-0.39, 0.29) is 24.2 Å². The third-order valence-corrected chi connectivity index (χ3v) is 4.06. The number of anilines is 1. The summed E-state index contributed by atoms with van der Waals surface area (Å²) in [7, 11) is 0. The Hall–Kier alpha value is -2.89. The SMILES string of the molecule is CCC(=O)Nc1c(C#N)cnn1-c1c(F)c(F)c(C(C)CC)c(F)c1F. The Bertz CT molecular complexity index is 872. The molecule has 1 aromatic heterocycles. The summed E-state index contributed by atoms with van der Waals surface area (Å²) in [5, 5.41) is 14.9. The number of aromatic nitrogens is 2. The van der Waals surface area contributed by atoms with Crippen molar-refractivity contribution in [1.82, 2.24) is 9.78 Å². The minimum Gasteiger partial charge on any atom is -0.309 e. The summed E-state index contributed by atoms with van der Waals surface area (Å²) in [6, 6.07) is 1.69. The molecule has 0 radical (unpaired) electrons. The van der Waals surface area contributed by atoms with E-state index in [0.29, 0.717) is 4.68 Å². The summed E-state index contributed by atoms with van der Waals surface area (Å²) in [5.41, 5.74) is -2.05. The fourth-order valence-corrected chi connectivity index (χ4v) is 2.40. The first-order valence-electron chi connectivity index (χ1n) is 7.92. The van der Waals surface area contributed by atoms with E-state index in [0.717, 1.165) is 6.20 Å². The molecular weight excluding hydrogens is 352 g/mol. The molecule has 0 aliphatic carbocycles. The van der Waals surface area contributed by atoms with Crippen LogP contribution in [0.2, 0.25) is 0 Å². The van der Waals surface area contributed by atoms with Gasteiger partial charge in [0.2, 0.25) is 5.91 Å². The molecule has 1 aromatic carbocycles. The second-order valence-corrected chi connectivity index (χ2v) is 5.66. The van der Waals surface area contributed by atoms with Gasteiger partial charge in [-0.25, -0.2) is 22.2 Å². The summed E-state index contributed by atoms with van der Waals surface area (Å²) in [6.45, 7) is 4.58. The van der Waals surface area contributed by atoms with Gasteiger partial charge in [0.05, 0.1) is 6.20 Å². The van der Waals surface area contributed by atoms with E-state index in [1.807, 2.05) is 0 Å². The van der Waals surface area contributed by atoms with Crippen molar-refractivity contribution in [1.29, 1.82) is 5.26 Å². The predicted octanol–water partition coefficient (Wildman–Crippen LogP) is 4.16. The average molecular weight is 368 g/mol. The van der Waals surface area contributed by atoms with Crippen LogP contribution in [0.1, 0.15) is 50.7 Å². The molecule has 1 heterocycles. The molecule has 2 aromatic rings. The minimum atomic E-state index is -1.65. The number of carbonyl (C=O) groups excluding carboxylic acids is 1. The van der Waals surface area contributed by atoms with Gasteiger partial charge in [0.1, 0.15) is 17.3 Å². The summed E-state index contributed by atoms with van der Waals surface area (Å²) in [4.78, 5) is 11.6. The number of rotatable bonds is 5. The van der Waals surface area contributed by atoms with E-state index >= 15 is 0 Å².